The molecule has 0 unspecified atom stereocenters. The Bertz CT molecular complexity index is 511. The third-order valence-corrected chi connectivity index (χ3v) is 3.05. The molecule has 2 aliphatic rings. The average Bonchev–Trinajstić information content (AvgIpc) is 2.28. The highest BCUT2D eigenvalue weighted by Gasteiger charge is 2.24. The predicted octanol–water partition coefficient (Wildman–Crippen LogP) is 1.59. The minimum atomic E-state index is -0.516. The summed E-state index contributed by atoms with van der Waals surface area (Å²) >= 11 is 0. The third kappa shape index (κ3) is 1.34. The first-order valence-corrected chi connectivity index (χ1v) is 5.23. The van der Waals surface area contributed by atoms with E-state index in [1.807, 2.05) is 12.1 Å². The summed E-state index contributed by atoms with van der Waals surface area (Å²) in [6, 6.07) is 8.10. The smallest absolute Gasteiger partial charge is 0.233 e. The van der Waals surface area contributed by atoms with Crippen molar-refractivity contribution in [3.8, 4) is 0 Å². The van der Waals surface area contributed by atoms with E-state index in [2.05, 4.69) is 18.2 Å². The molecular weight excluding hydrogens is 200 g/mol. The fourth-order valence-electron chi connectivity index (χ4n) is 2.20. The number of fused-ring (bicyclic) bond motifs is 2. The van der Waals surface area contributed by atoms with Crippen molar-refractivity contribution in [2.24, 2.45) is 0 Å². The Morgan fingerprint density at radius 1 is 1.00 bits per heavy atom. The molecule has 1 aromatic carbocycles. The van der Waals surface area contributed by atoms with Gasteiger partial charge in [0.1, 0.15) is 0 Å². The van der Waals surface area contributed by atoms with Crippen molar-refractivity contribution < 1.29 is 9.59 Å². The second-order valence-electron chi connectivity index (χ2n) is 4.09. The molecule has 0 atom stereocenters. The number of hydrogen-bond donors (Lipinski definition) is 0. The molecule has 0 aromatic heterocycles. The molecular formula is C14H9O2. The lowest BCUT2D eigenvalue weighted by Gasteiger charge is -2.22. The van der Waals surface area contributed by atoms with Crippen LogP contribution in [0.15, 0.2) is 41.5 Å². The summed E-state index contributed by atoms with van der Waals surface area (Å²) < 4.78 is 0. The van der Waals surface area contributed by atoms with Crippen molar-refractivity contribution in [3.05, 3.63) is 58.7 Å². The van der Waals surface area contributed by atoms with Gasteiger partial charge in [0.25, 0.3) is 0 Å². The van der Waals surface area contributed by atoms with Crippen LogP contribution in [0.3, 0.4) is 0 Å². The topological polar surface area (TPSA) is 34.1 Å². The van der Waals surface area contributed by atoms with E-state index < -0.39 is 11.6 Å². The normalized spacial score (nSPS) is 18.5. The molecule has 1 radical (unpaired) electrons. The lowest BCUT2D eigenvalue weighted by molar-refractivity contribution is -0.131. The van der Waals surface area contributed by atoms with Gasteiger partial charge in [-0.15, -0.1) is 0 Å². The lowest BCUT2D eigenvalue weighted by Crippen LogP contribution is -2.20. The third-order valence-electron chi connectivity index (χ3n) is 3.05. The fraction of sp³-hybridized carbons (Fsp3) is 0.143. The van der Waals surface area contributed by atoms with E-state index in [1.165, 1.54) is 17.2 Å². The van der Waals surface area contributed by atoms with Gasteiger partial charge in [-0.25, -0.2) is 0 Å². The van der Waals surface area contributed by atoms with Gasteiger partial charge in [-0.05, 0) is 41.2 Å². The Balaban J connectivity index is 2.10. The number of ketones is 2. The number of benzene rings is 1. The van der Waals surface area contributed by atoms with Gasteiger partial charge in [0.2, 0.25) is 11.6 Å². The molecule has 16 heavy (non-hydrogen) atoms. The van der Waals surface area contributed by atoms with Gasteiger partial charge in [-0.2, -0.15) is 0 Å². The summed E-state index contributed by atoms with van der Waals surface area (Å²) in [5.74, 6) is -0.962. The van der Waals surface area contributed by atoms with Gasteiger partial charge < -0.3 is 0 Å². The Kier molecular flexibility index (Phi) is 1.90. The molecule has 0 N–H and O–H groups in total. The number of carbonyl (C=O) groups excluding carboxylic acids is 2. The number of hydrogen-bond acceptors (Lipinski definition) is 2. The van der Waals surface area contributed by atoms with Gasteiger partial charge in [0.05, 0.1) is 0 Å². The predicted molar refractivity (Wildman–Crippen MR) is 58.7 cm³/mol. The molecule has 0 bridgehead atoms. The first kappa shape index (κ1) is 9.28. The molecule has 2 heteroatoms. The van der Waals surface area contributed by atoms with Crippen LogP contribution in [-0.2, 0) is 22.4 Å². The quantitative estimate of drug-likeness (QED) is 0.480. The molecule has 2 aliphatic carbocycles. The number of carbonyl (C=O) groups is 2. The summed E-state index contributed by atoms with van der Waals surface area (Å²) in [6.07, 6.45) is 5.57. The molecule has 0 saturated carbocycles. The van der Waals surface area contributed by atoms with Crippen molar-refractivity contribution in [1.82, 2.24) is 0 Å². The van der Waals surface area contributed by atoms with Crippen LogP contribution in [0.5, 0.6) is 0 Å². The Labute approximate surface area is 93.3 Å². The summed E-state index contributed by atoms with van der Waals surface area (Å²) in [4.78, 5) is 22.5. The zero-order valence-corrected chi connectivity index (χ0v) is 8.62. The Morgan fingerprint density at radius 2 is 1.69 bits per heavy atom. The lowest BCUT2D eigenvalue weighted by atomic mass is 9.81. The van der Waals surface area contributed by atoms with E-state index in [-0.39, 0.29) is 0 Å². The second-order valence-corrected chi connectivity index (χ2v) is 4.09. The van der Waals surface area contributed by atoms with Gasteiger partial charge in [0, 0.05) is 6.08 Å². The summed E-state index contributed by atoms with van der Waals surface area (Å²) in [5.41, 5.74) is 4.29. The van der Waals surface area contributed by atoms with Crippen LogP contribution >= 0.6 is 0 Å². The van der Waals surface area contributed by atoms with Crippen LogP contribution in [0.4, 0.5) is 0 Å². The van der Waals surface area contributed by atoms with E-state index in [0.717, 1.165) is 17.6 Å². The first-order chi connectivity index (χ1) is 7.74. The SMILES string of the molecule is O=C1[C]=C2Cc3ccccc3CC2=CC1=O. The number of allylic oxidation sites excluding steroid dienone is 4. The van der Waals surface area contributed by atoms with Crippen LogP contribution in [0.2, 0.25) is 0 Å². The Morgan fingerprint density at radius 3 is 2.44 bits per heavy atom. The van der Waals surface area contributed by atoms with Crippen LogP contribution in [-0.4, -0.2) is 11.6 Å². The molecule has 0 fully saturated rings. The van der Waals surface area contributed by atoms with Crippen molar-refractivity contribution in [2.75, 3.05) is 0 Å². The molecule has 0 spiro atoms. The zero-order chi connectivity index (χ0) is 11.1. The number of Topliss-reactive ketones (excluding diaryl/α,β-unsaturated/α-hetero) is 1. The van der Waals surface area contributed by atoms with Gasteiger partial charge in [-0.1, -0.05) is 24.3 Å². The zero-order valence-electron chi connectivity index (χ0n) is 8.62. The number of rotatable bonds is 0. The molecule has 0 saturated heterocycles. The monoisotopic (exact) mass is 209 g/mol. The second kappa shape index (κ2) is 3.27. The highest BCUT2D eigenvalue weighted by Crippen LogP contribution is 2.30. The standard InChI is InChI=1S/C14H9O2/c15-13-7-11-5-9-3-1-2-4-10(9)6-12(11)8-14(13)16/h1-4,7H,5-6H2. The highest BCUT2D eigenvalue weighted by atomic mass is 16.2. The van der Waals surface area contributed by atoms with E-state index in [1.54, 1.807) is 0 Å². The maximum atomic E-state index is 11.3. The highest BCUT2D eigenvalue weighted by molar-refractivity contribution is 6.45. The van der Waals surface area contributed by atoms with Crippen molar-refractivity contribution in [1.29, 1.82) is 0 Å². The first-order valence-electron chi connectivity index (χ1n) is 5.23. The molecule has 2 nitrogen and oxygen atoms in total. The maximum absolute atomic E-state index is 11.3. The van der Waals surface area contributed by atoms with E-state index in [0.29, 0.717) is 6.42 Å². The molecule has 3 rings (SSSR count). The Hall–Kier alpha value is -1.96. The maximum Gasteiger partial charge on any atom is 0.233 e. The van der Waals surface area contributed by atoms with Crippen molar-refractivity contribution in [2.45, 2.75) is 12.8 Å². The van der Waals surface area contributed by atoms with Crippen LogP contribution in [0.1, 0.15) is 11.1 Å². The van der Waals surface area contributed by atoms with Crippen LogP contribution in [0, 0.1) is 6.08 Å². The minimum Gasteiger partial charge on any atom is -0.286 e. The van der Waals surface area contributed by atoms with Crippen LogP contribution < -0.4 is 0 Å². The fourth-order valence-corrected chi connectivity index (χ4v) is 2.20. The van der Waals surface area contributed by atoms with Crippen molar-refractivity contribution in [3.63, 3.8) is 0 Å². The van der Waals surface area contributed by atoms with Crippen LogP contribution in [0.25, 0.3) is 0 Å². The summed E-state index contributed by atoms with van der Waals surface area (Å²) in [7, 11) is 0. The molecule has 0 heterocycles. The van der Waals surface area contributed by atoms with Gasteiger partial charge in [0.15, 0.2) is 0 Å². The molecule has 0 amide bonds. The van der Waals surface area contributed by atoms with E-state index >= 15 is 0 Å². The molecule has 0 aliphatic heterocycles. The van der Waals surface area contributed by atoms with Crippen molar-refractivity contribution >= 4 is 11.6 Å². The van der Waals surface area contributed by atoms with Gasteiger partial charge in [-0.3, -0.25) is 9.59 Å². The van der Waals surface area contributed by atoms with E-state index in [9.17, 15) is 9.59 Å². The van der Waals surface area contributed by atoms with E-state index in [4.69, 9.17) is 0 Å². The minimum absolute atomic E-state index is 0.446. The van der Waals surface area contributed by atoms with Gasteiger partial charge >= 0.3 is 0 Å². The molecule has 77 valence electrons. The summed E-state index contributed by atoms with van der Waals surface area (Å²) in [6.45, 7) is 0. The average molecular weight is 209 g/mol. The summed E-state index contributed by atoms with van der Waals surface area (Å²) in [5, 5.41) is 0. The largest absolute Gasteiger partial charge is 0.286 e. The molecule has 1 aromatic rings.